The lowest BCUT2D eigenvalue weighted by molar-refractivity contribution is -0.119. The zero-order chi connectivity index (χ0) is 11.3. The highest BCUT2D eigenvalue weighted by atomic mass is 32.2. The predicted octanol–water partition coefficient (Wildman–Crippen LogP) is -1.18. The number of hydrogen-bond donors (Lipinski definition) is 3. The summed E-state index contributed by atoms with van der Waals surface area (Å²) in [4.78, 5) is 17.0. The topological polar surface area (TPSA) is 104 Å². The molecule has 0 saturated heterocycles. The maximum atomic E-state index is 11.4. The van der Waals surface area contributed by atoms with Gasteiger partial charge in [-0.3, -0.25) is 4.79 Å². The second-order valence-electron chi connectivity index (χ2n) is 2.69. The maximum Gasteiger partial charge on any atom is 0.258 e. The van der Waals surface area contributed by atoms with Crippen molar-refractivity contribution in [2.24, 2.45) is 0 Å². The van der Waals surface area contributed by atoms with Gasteiger partial charge in [0.25, 0.3) is 10.0 Å². The fourth-order valence-electron chi connectivity index (χ4n) is 0.888. The number of carbonyl (C=O) groups is 1. The minimum atomic E-state index is -3.66. The van der Waals surface area contributed by atoms with Gasteiger partial charge in [0.05, 0.1) is 19.1 Å². The van der Waals surface area contributed by atoms with Gasteiger partial charge in [-0.15, -0.1) is 0 Å². The summed E-state index contributed by atoms with van der Waals surface area (Å²) in [5.41, 5.74) is 0. The summed E-state index contributed by atoms with van der Waals surface area (Å²) in [6.07, 6.45) is 2.42. The number of rotatable bonds is 5. The SMILES string of the molecule is CCNC(=O)CNS(=O)(=O)c1cnc[nH]1. The molecule has 1 aromatic rings. The first kappa shape index (κ1) is 11.7. The molecular formula is C7H12N4O3S. The van der Waals surface area contributed by atoms with Crippen LogP contribution in [0.4, 0.5) is 0 Å². The van der Waals surface area contributed by atoms with Crippen LogP contribution in [0.3, 0.4) is 0 Å². The van der Waals surface area contributed by atoms with Crippen LogP contribution in [0.2, 0.25) is 0 Å². The van der Waals surface area contributed by atoms with Gasteiger partial charge in [-0.05, 0) is 6.92 Å². The van der Waals surface area contributed by atoms with Crippen LogP contribution in [-0.2, 0) is 14.8 Å². The Balaban J connectivity index is 2.55. The molecule has 15 heavy (non-hydrogen) atoms. The molecule has 0 fully saturated rings. The zero-order valence-electron chi connectivity index (χ0n) is 8.15. The van der Waals surface area contributed by atoms with E-state index in [4.69, 9.17) is 0 Å². The number of H-pyrrole nitrogens is 1. The number of nitrogens with one attached hydrogen (secondary N) is 3. The van der Waals surface area contributed by atoms with Crippen LogP contribution in [0, 0.1) is 0 Å². The molecule has 0 saturated carbocycles. The van der Waals surface area contributed by atoms with Crippen molar-refractivity contribution in [3.63, 3.8) is 0 Å². The first-order valence-electron chi connectivity index (χ1n) is 4.31. The number of nitrogens with zero attached hydrogens (tertiary/aromatic N) is 1. The van der Waals surface area contributed by atoms with Crippen molar-refractivity contribution in [2.75, 3.05) is 13.1 Å². The molecule has 1 rings (SSSR count). The first-order valence-corrected chi connectivity index (χ1v) is 5.79. The normalized spacial score (nSPS) is 11.3. The highest BCUT2D eigenvalue weighted by molar-refractivity contribution is 7.89. The van der Waals surface area contributed by atoms with Crippen molar-refractivity contribution < 1.29 is 13.2 Å². The third kappa shape index (κ3) is 3.33. The molecule has 1 amide bonds. The van der Waals surface area contributed by atoms with Crippen LogP contribution in [0.5, 0.6) is 0 Å². The Morgan fingerprint density at radius 1 is 1.60 bits per heavy atom. The average Bonchev–Trinajstić information content (AvgIpc) is 2.69. The number of likely N-dealkylation sites (N-methyl/N-ethyl adjacent to an activating group) is 1. The van der Waals surface area contributed by atoms with Crippen molar-refractivity contribution in [2.45, 2.75) is 11.9 Å². The molecular weight excluding hydrogens is 220 g/mol. The van der Waals surface area contributed by atoms with Crippen molar-refractivity contribution in [1.29, 1.82) is 0 Å². The molecule has 0 atom stereocenters. The van der Waals surface area contributed by atoms with Crippen molar-refractivity contribution in [1.82, 2.24) is 20.0 Å². The molecule has 0 aliphatic heterocycles. The number of aromatic amines is 1. The van der Waals surface area contributed by atoms with E-state index in [1.54, 1.807) is 6.92 Å². The molecule has 0 aromatic carbocycles. The summed E-state index contributed by atoms with van der Waals surface area (Å²) in [5, 5.41) is 2.41. The van der Waals surface area contributed by atoms with E-state index in [2.05, 4.69) is 20.0 Å². The molecule has 0 spiro atoms. The van der Waals surface area contributed by atoms with Gasteiger partial charge in [0, 0.05) is 6.54 Å². The monoisotopic (exact) mass is 232 g/mol. The zero-order valence-corrected chi connectivity index (χ0v) is 8.97. The molecule has 1 aromatic heterocycles. The fraction of sp³-hybridized carbons (Fsp3) is 0.429. The maximum absolute atomic E-state index is 11.4. The number of sulfonamides is 1. The number of hydrogen-bond acceptors (Lipinski definition) is 4. The lowest BCUT2D eigenvalue weighted by atomic mass is 10.6. The summed E-state index contributed by atoms with van der Waals surface area (Å²) >= 11 is 0. The molecule has 0 aliphatic rings. The third-order valence-electron chi connectivity index (χ3n) is 1.56. The third-order valence-corrected chi connectivity index (χ3v) is 2.89. The van der Waals surface area contributed by atoms with E-state index in [9.17, 15) is 13.2 Å². The Morgan fingerprint density at radius 3 is 2.87 bits per heavy atom. The molecule has 84 valence electrons. The summed E-state index contributed by atoms with van der Waals surface area (Å²) in [6.45, 7) is 1.93. The lowest BCUT2D eigenvalue weighted by Crippen LogP contribution is -2.36. The Bertz CT molecular complexity index is 411. The summed E-state index contributed by atoms with van der Waals surface area (Å²) in [6, 6.07) is 0. The van der Waals surface area contributed by atoms with E-state index in [-0.39, 0.29) is 17.5 Å². The molecule has 8 heteroatoms. The Hall–Kier alpha value is -1.41. The first-order chi connectivity index (χ1) is 7.06. The van der Waals surface area contributed by atoms with E-state index >= 15 is 0 Å². The lowest BCUT2D eigenvalue weighted by Gasteiger charge is -2.04. The summed E-state index contributed by atoms with van der Waals surface area (Å²) < 4.78 is 25.0. The smallest absolute Gasteiger partial charge is 0.258 e. The van der Waals surface area contributed by atoms with Crippen LogP contribution < -0.4 is 10.0 Å². The van der Waals surface area contributed by atoms with Gasteiger partial charge >= 0.3 is 0 Å². The van der Waals surface area contributed by atoms with Gasteiger partial charge < -0.3 is 10.3 Å². The largest absolute Gasteiger partial charge is 0.355 e. The molecule has 0 unspecified atom stereocenters. The minimum absolute atomic E-state index is 0.0631. The van der Waals surface area contributed by atoms with Crippen LogP contribution in [0.1, 0.15) is 6.92 Å². The molecule has 0 radical (unpaired) electrons. The van der Waals surface area contributed by atoms with Gasteiger partial charge in [-0.1, -0.05) is 0 Å². The van der Waals surface area contributed by atoms with Gasteiger partial charge in [-0.2, -0.15) is 0 Å². The van der Waals surface area contributed by atoms with Crippen molar-refractivity contribution in [3.8, 4) is 0 Å². The van der Waals surface area contributed by atoms with Crippen molar-refractivity contribution in [3.05, 3.63) is 12.5 Å². The Kier molecular flexibility index (Phi) is 3.81. The Labute approximate surface area is 87.3 Å². The van der Waals surface area contributed by atoms with Crippen LogP contribution in [0.25, 0.3) is 0 Å². The van der Waals surface area contributed by atoms with E-state index in [0.29, 0.717) is 6.54 Å². The fourth-order valence-corrected chi connectivity index (χ4v) is 1.77. The van der Waals surface area contributed by atoms with Crippen LogP contribution in [-0.4, -0.2) is 37.4 Å². The molecule has 0 bridgehead atoms. The van der Waals surface area contributed by atoms with E-state index in [1.165, 1.54) is 12.5 Å². The van der Waals surface area contributed by atoms with Gasteiger partial charge in [-0.25, -0.2) is 18.1 Å². The Morgan fingerprint density at radius 2 is 2.33 bits per heavy atom. The quantitative estimate of drug-likeness (QED) is 0.594. The standard InChI is InChI=1S/C7H12N4O3S/c1-2-9-6(12)3-11-15(13,14)7-4-8-5-10-7/h4-5,11H,2-3H2,1H3,(H,8,10)(H,9,12). The number of aromatic nitrogens is 2. The molecule has 3 N–H and O–H groups in total. The van der Waals surface area contributed by atoms with Gasteiger partial charge in [0.2, 0.25) is 5.91 Å². The molecule has 1 heterocycles. The second-order valence-corrected chi connectivity index (χ2v) is 4.43. The van der Waals surface area contributed by atoms with E-state index < -0.39 is 10.0 Å². The predicted molar refractivity (Wildman–Crippen MR) is 52.5 cm³/mol. The van der Waals surface area contributed by atoms with Gasteiger partial charge in [0.15, 0.2) is 5.03 Å². The van der Waals surface area contributed by atoms with Crippen molar-refractivity contribution >= 4 is 15.9 Å². The highest BCUT2D eigenvalue weighted by Crippen LogP contribution is 2.00. The molecule has 7 nitrogen and oxygen atoms in total. The summed E-state index contributed by atoms with van der Waals surface area (Å²) in [7, 11) is -3.66. The van der Waals surface area contributed by atoms with E-state index in [0.717, 1.165) is 0 Å². The van der Waals surface area contributed by atoms with Gasteiger partial charge in [0.1, 0.15) is 0 Å². The number of imidazole rings is 1. The van der Waals surface area contributed by atoms with Crippen LogP contribution in [0.15, 0.2) is 17.6 Å². The minimum Gasteiger partial charge on any atom is -0.355 e. The molecule has 0 aliphatic carbocycles. The second kappa shape index (κ2) is 4.89. The van der Waals surface area contributed by atoms with Crippen LogP contribution >= 0.6 is 0 Å². The average molecular weight is 232 g/mol. The number of carbonyl (C=O) groups excluding carboxylic acids is 1. The summed E-state index contributed by atoms with van der Waals surface area (Å²) in [5.74, 6) is -0.374. The highest BCUT2D eigenvalue weighted by Gasteiger charge is 2.16. The van der Waals surface area contributed by atoms with E-state index in [1.807, 2.05) is 0 Å². The number of amides is 1.